The molecule has 1 aliphatic rings. The summed E-state index contributed by atoms with van der Waals surface area (Å²) in [7, 11) is 0. The maximum Gasteiger partial charge on any atom is 0.338 e. The number of para-hydroxylation sites is 1. The molecule has 0 radical (unpaired) electrons. The highest BCUT2D eigenvalue weighted by Crippen LogP contribution is 2.17. The molecule has 1 aliphatic heterocycles. The van der Waals surface area contributed by atoms with E-state index in [1.54, 1.807) is 30.3 Å². The van der Waals surface area contributed by atoms with Crippen molar-refractivity contribution in [2.45, 2.75) is 32.5 Å². The largest absolute Gasteiger partial charge is 0.491 e. The van der Waals surface area contributed by atoms with E-state index in [0.29, 0.717) is 34.6 Å². The van der Waals surface area contributed by atoms with Crippen molar-refractivity contribution in [3.63, 3.8) is 0 Å². The molecule has 0 aliphatic carbocycles. The van der Waals surface area contributed by atoms with Crippen LogP contribution in [0, 0.1) is 6.92 Å². The van der Waals surface area contributed by atoms with Crippen molar-refractivity contribution < 1.29 is 19.0 Å². The summed E-state index contributed by atoms with van der Waals surface area (Å²) in [5.74, 6) is 0.484. The van der Waals surface area contributed by atoms with Crippen molar-refractivity contribution in [3.05, 3.63) is 69.8 Å². The number of hydrogen-bond acceptors (Lipinski definition) is 6. The van der Waals surface area contributed by atoms with Gasteiger partial charge in [-0.25, -0.2) is 9.78 Å². The van der Waals surface area contributed by atoms with Crippen molar-refractivity contribution in [1.29, 1.82) is 0 Å². The molecule has 1 saturated heterocycles. The number of carbonyl (C=O) groups is 1. The first-order valence-electron chi connectivity index (χ1n) is 9.60. The lowest BCUT2D eigenvalue weighted by atomic mass is 10.1. The quantitative estimate of drug-likeness (QED) is 0.646. The highest BCUT2D eigenvalue weighted by atomic mass is 16.5. The van der Waals surface area contributed by atoms with Gasteiger partial charge in [-0.2, -0.15) is 0 Å². The van der Waals surface area contributed by atoms with Crippen LogP contribution < -0.4 is 10.3 Å². The van der Waals surface area contributed by atoms with E-state index in [1.165, 1.54) is 0 Å². The Balaban J connectivity index is 1.37. The molecule has 0 amide bonds. The normalized spacial score (nSPS) is 16.1. The van der Waals surface area contributed by atoms with Crippen LogP contribution in [0.4, 0.5) is 0 Å². The molecule has 29 heavy (non-hydrogen) atoms. The third kappa shape index (κ3) is 4.46. The Morgan fingerprint density at radius 1 is 1.24 bits per heavy atom. The van der Waals surface area contributed by atoms with Gasteiger partial charge in [-0.1, -0.05) is 12.1 Å². The van der Waals surface area contributed by atoms with Gasteiger partial charge in [0, 0.05) is 6.61 Å². The number of rotatable bonds is 6. The molecule has 1 fully saturated rings. The van der Waals surface area contributed by atoms with Crippen LogP contribution in [0.5, 0.6) is 5.75 Å². The maximum atomic E-state index is 12.3. The minimum Gasteiger partial charge on any atom is -0.491 e. The Morgan fingerprint density at radius 2 is 2.07 bits per heavy atom. The minimum absolute atomic E-state index is 0.115. The summed E-state index contributed by atoms with van der Waals surface area (Å²) in [5.41, 5.74) is 1.64. The first-order valence-corrected chi connectivity index (χ1v) is 9.60. The first kappa shape index (κ1) is 19.1. The number of esters is 1. The van der Waals surface area contributed by atoms with Crippen LogP contribution in [0.1, 0.15) is 34.6 Å². The third-order valence-corrected chi connectivity index (χ3v) is 4.88. The van der Waals surface area contributed by atoms with Crippen LogP contribution in [0.15, 0.2) is 47.3 Å². The second kappa shape index (κ2) is 8.45. The van der Waals surface area contributed by atoms with Gasteiger partial charge in [0.1, 0.15) is 24.8 Å². The number of fused-ring (bicyclic) bond motifs is 1. The molecule has 150 valence electrons. The smallest absolute Gasteiger partial charge is 0.338 e. The number of aryl methyl sites for hydroxylation is 1. The van der Waals surface area contributed by atoms with E-state index >= 15 is 0 Å². The number of benzene rings is 2. The maximum absolute atomic E-state index is 12.3. The number of ether oxygens (including phenoxy) is 3. The van der Waals surface area contributed by atoms with Crippen molar-refractivity contribution in [2.24, 2.45) is 0 Å². The first-order chi connectivity index (χ1) is 14.1. The second-order valence-corrected chi connectivity index (χ2v) is 7.03. The van der Waals surface area contributed by atoms with Crippen LogP contribution >= 0.6 is 0 Å². The van der Waals surface area contributed by atoms with Gasteiger partial charge in [0.25, 0.3) is 5.56 Å². The third-order valence-electron chi connectivity index (χ3n) is 4.88. The van der Waals surface area contributed by atoms with E-state index in [-0.39, 0.29) is 18.3 Å². The zero-order chi connectivity index (χ0) is 20.2. The van der Waals surface area contributed by atoms with Gasteiger partial charge in [-0.15, -0.1) is 0 Å². The summed E-state index contributed by atoms with van der Waals surface area (Å²) in [6.45, 7) is 3.06. The molecule has 7 heteroatoms. The summed E-state index contributed by atoms with van der Waals surface area (Å²) in [5, 5.41) is 0.513. The van der Waals surface area contributed by atoms with Crippen molar-refractivity contribution in [3.8, 4) is 5.75 Å². The molecule has 1 N–H and O–H groups in total. The molecule has 4 rings (SSSR count). The van der Waals surface area contributed by atoms with E-state index in [0.717, 1.165) is 25.0 Å². The summed E-state index contributed by atoms with van der Waals surface area (Å²) < 4.78 is 16.5. The van der Waals surface area contributed by atoms with E-state index in [1.807, 2.05) is 19.1 Å². The van der Waals surface area contributed by atoms with Gasteiger partial charge in [-0.05, 0) is 55.7 Å². The fourth-order valence-corrected chi connectivity index (χ4v) is 3.29. The Labute approximate surface area is 167 Å². The van der Waals surface area contributed by atoms with Crippen LogP contribution in [0.2, 0.25) is 0 Å². The van der Waals surface area contributed by atoms with E-state index in [2.05, 4.69) is 9.97 Å². The summed E-state index contributed by atoms with van der Waals surface area (Å²) in [4.78, 5) is 31.6. The Hall–Kier alpha value is -3.19. The number of hydrogen-bond donors (Lipinski definition) is 1. The number of aromatic amines is 1. The Bertz CT molecular complexity index is 1070. The van der Waals surface area contributed by atoms with Gasteiger partial charge in [0.05, 0.1) is 22.6 Å². The summed E-state index contributed by atoms with van der Waals surface area (Å²) in [6, 6.07) is 12.2. The number of nitrogens with zero attached hydrogens (tertiary/aromatic N) is 1. The van der Waals surface area contributed by atoms with E-state index in [9.17, 15) is 9.59 Å². The average molecular weight is 394 g/mol. The summed E-state index contributed by atoms with van der Waals surface area (Å²) >= 11 is 0. The lowest BCUT2D eigenvalue weighted by Crippen LogP contribution is -2.16. The zero-order valence-corrected chi connectivity index (χ0v) is 16.1. The molecule has 2 aromatic carbocycles. The van der Waals surface area contributed by atoms with E-state index < -0.39 is 5.97 Å². The molecule has 0 unspecified atom stereocenters. The molecule has 3 aromatic rings. The van der Waals surface area contributed by atoms with Crippen molar-refractivity contribution >= 4 is 16.9 Å². The molecule has 1 atom stereocenters. The topological polar surface area (TPSA) is 90.5 Å². The molecular formula is C22H22N2O5. The van der Waals surface area contributed by atoms with Crippen LogP contribution in [0.25, 0.3) is 10.9 Å². The average Bonchev–Trinajstić information content (AvgIpc) is 3.25. The summed E-state index contributed by atoms with van der Waals surface area (Å²) in [6.07, 6.45) is 2.21. The van der Waals surface area contributed by atoms with Gasteiger partial charge in [0.2, 0.25) is 0 Å². The number of H-pyrrole nitrogens is 1. The van der Waals surface area contributed by atoms with Crippen LogP contribution in [0.3, 0.4) is 0 Å². The van der Waals surface area contributed by atoms with E-state index in [4.69, 9.17) is 14.2 Å². The van der Waals surface area contributed by atoms with Crippen molar-refractivity contribution in [1.82, 2.24) is 9.97 Å². The van der Waals surface area contributed by atoms with Crippen molar-refractivity contribution in [2.75, 3.05) is 13.2 Å². The predicted molar refractivity (Wildman–Crippen MR) is 107 cm³/mol. The Kier molecular flexibility index (Phi) is 5.57. The van der Waals surface area contributed by atoms with Crippen LogP contribution in [-0.4, -0.2) is 35.3 Å². The van der Waals surface area contributed by atoms with Gasteiger partial charge in [0.15, 0.2) is 0 Å². The standard InChI is InChI=1S/C22H22N2O5/c1-14-4-2-6-18-20(14)23-19(24-21(18)25)13-29-22(26)15-7-9-16(10-8-15)28-12-17-5-3-11-27-17/h2,4,6-10,17H,3,5,11-13H2,1H3,(H,23,24,25)/t17-/m0/s1. The van der Waals surface area contributed by atoms with Gasteiger partial charge >= 0.3 is 5.97 Å². The molecule has 0 spiro atoms. The number of carbonyl (C=O) groups excluding carboxylic acids is 1. The monoisotopic (exact) mass is 394 g/mol. The Morgan fingerprint density at radius 3 is 2.83 bits per heavy atom. The zero-order valence-electron chi connectivity index (χ0n) is 16.1. The molecule has 2 heterocycles. The molecule has 7 nitrogen and oxygen atoms in total. The predicted octanol–water partition coefficient (Wildman–Crippen LogP) is 3.15. The number of aromatic nitrogens is 2. The molecular weight excluding hydrogens is 372 g/mol. The van der Waals surface area contributed by atoms with Gasteiger partial charge < -0.3 is 19.2 Å². The highest BCUT2D eigenvalue weighted by Gasteiger charge is 2.16. The molecule has 0 bridgehead atoms. The van der Waals surface area contributed by atoms with Gasteiger partial charge in [-0.3, -0.25) is 4.79 Å². The number of nitrogens with one attached hydrogen (secondary N) is 1. The molecule has 0 saturated carbocycles. The minimum atomic E-state index is -0.497. The second-order valence-electron chi connectivity index (χ2n) is 7.03. The molecule has 1 aromatic heterocycles. The van der Waals surface area contributed by atoms with Crippen LogP contribution in [-0.2, 0) is 16.1 Å². The highest BCUT2D eigenvalue weighted by molar-refractivity contribution is 5.89. The fourth-order valence-electron chi connectivity index (χ4n) is 3.29. The fraction of sp³-hybridized carbons (Fsp3) is 0.318. The lowest BCUT2D eigenvalue weighted by Gasteiger charge is -2.11. The lowest BCUT2D eigenvalue weighted by molar-refractivity contribution is 0.0462. The SMILES string of the molecule is Cc1cccc2c(=O)[nH]c(COC(=O)c3ccc(OC[C@@H]4CCCO4)cc3)nc12.